The van der Waals surface area contributed by atoms with Crippen molar-refractivity contribution in [2.45, 2.75) is 23.8 Å². The molecule has 2 aromatic carbocycles. The maximum Gasteiger partial charge on any atom is 0.318 e. The Morgan fingerprint density at radius 3 is 2.29 bits per heavy atom. The van der Waals surface area contributed by atoms with Gasteiger partial charge in [0.25, 0.3) is 5.91 Å². The average Bonchev–Trinajstić information content (AvgIpc) is 2.81. The molecule has 2 fully saturated rings. The lowest BCUT2D eigenvalue weighted by molar-refractivity contribution is -0.137. The summed E-state index contributed by atoms with van der Waals surface area (Å²) in [4.78, 5) is 29.7. The molecule has 2 aliphatic rings. The molecule has 2 aliphatic heterocycles. The zero-order valence-corrected chi connectivity index (χ0v) is 21.2. The highest BCUT2D eigenvalue weighted by molar-refractivity contribution is 8.32. The molecule has 2 N–H and O–H groups in total. The van der Waals surface area contributed by atoms with Gasteiger partial charge in [0.1, 0.15) is 11.8 Å². The van der Waals surface area contributed by atoms with Crippen LogP contribution in [0.1, 0.15) is 24.4 Å². The van der Waals surface area contributed by atoms with E-state index in [0.717, 1.165) is 12.8 Å². The largest absolute Gasteiger partial charge is 0.497 e. The van der Waals surface area contributed by atoms with Crippen LogP contribution in [0.5, 0.6) is 5.75 Å². The summed E-state index contributed by atoms with van der Waals surface area (Å²) in [5.41, 5.74) is 1.47. The molecular weight excluding hydrogens is 450 g/mol. The number of methoxy groups -OCH3 is 1. The van der Waals surface area contributed by atoms with Gasteiger partial charge >= 0.3 is 6.03 Å². The van der Waals surface area contributed by atoms with Gasteiger partial charge in [0.2, 0.25) is 0 Å². The van der Waals surface area contributed by atoms with Crippen LogP contribution in [-0.4, -0.2) is 69.0 Å². The van der Waals surface area contributed by atoms with Crippen LogP contribution in [0, 0.1) is 5.41 Å². The highest BCUT2D eigenvalue weighted by Gasteiger charge is 2.43. The number of ether oxygens (including phenoxy) is 2. The lowest BCUT2D eigenvalue weighted by Crippen LogP contribution is -2.57. The number of piperidine rings is 1. The first-order chi connectivity index (χ1) is 16.2. The van der Waals surface area contributed by atoms with Crippen molar-refractivity contribution in [2.24, 2.45) is 5.41 Å². The minimum Gasteiger partial charge on any atom is -0.497 e. The Labute approximate surface area is 203 Å². The van der Waals surface area contributed by atoms with Gasteiger partial charge in [-0.2, -0.15) is 0 Å². The quantitative estimate of drug-likeness (QED) is 0.641. The van der Waals surface area contributed by atoms with E-state index in [1.54, 1.807) is 19.2 Å². The molecule has 0 bridgehead atoms. The van der Waals surface area contributed by atoms with Crippen LogP contribution in [0.15, 0.2) is 53.4 Å². The molecule has 184 valence electrons. The lowest BCUT2D eigenvalue weighted by Gasteiger charge is -2.48. The molecule has 0 saturated carbocycles. The van der Waals surface area contributed by atoms with Crippen molar-refractivity contribution >= 4 is 27.7 Å². The number of likely N-dealkylation sites (tertiary alicyclic amines) is 1. The standard InChI is InChI=1S/C26H35N3O4S/c1-32-21-10-6-19(7-11-21)23(24(30)27-20-8-12-22(13-9-20)34(2,3)4)28-25(31)29-15-5-14-26(16-29)17-33-18-26/h6-13,23H,5,14-18H2,1-4H3,(H,27,30)(H,28,31). The molecule has 34 heavy (non-hydrogen) atoms. The van der Waals surface area contributed by atoms with Gasteiger partial charge in [-0.15, -0.1) is 0 Å². The van der Waals surface area contributed by atoms with Crippen LogP contribution >= 0.6 is 10.0 Å². The van der Waals surface area contributed by atoms with E-state index in [2.05, 4.69) is 41.5 Å². The van der Waals surface area contributed by atoms with Crippen LogP contribution in [0.4, 0.5) is 10.5 Å². The number of carbonyl (C=O) groups is 2. The molecule has 2 heterocycles. The van der Waals surface area contributed by atoms with E-state index in [1.807, 2.05) is 29.2 Å². The number of carbonyl (C=O) groups excluding carboxylic acids is 2. The summed E-state index contributed by atoms with van der Waals surface area (Å²) in [6.07, 6.45) is 8.71. The zero-order valence-electron chi connectivity index (χ0n) is 20.4. The van der Waals surface area contributed by atoms with Crippen LogP contribution in [0.2, 0.25) is 0 Å². The molecule has 4 rings (SSSR count). The number of benzene rings is 2. The summed E-state index contributed by atoms with van der Waals surface area (Å²) < 4.78 is 10.7. The van der Waals surface area contributed by atoms with Crippen LogP contribution < -0.4 is 15.4 Å². The molecule has 3 amide bonds. The summed E-state index contributed by atoms with van der Waals surface area (Å²) in [5.74, 6) is 0.408. The predicted molar refractivity (Wildman–Crippen MR) is 137 cm³/mol. The van der Waals surface area contributed by atoms with Gasteiger partial charge < -0.3 is 25.0 Å². The number of urea groups is 1. The Balaban J connectivity index is 1.51. The molecule has 0 aromatic heterocycles. The smallest absolute Gasteiger partial charge is 0.318 e. The summed E-state index contributed by atoms with van der Waals surface area (Å²) in [7, 11) is 0.752. The number of anilines is 1. The summed E-state index contributed by atoms with van der Waals surface area (Å²) in [5, 5.41) is 5.96. The topological polar surface area (TPSA) is 79.9 Å². The zero-order chi connectivity index (χ0) is 24.3. The third-order valence-corrected chi connectivity index (χ3v) is 8.26. The van der Waals surface area contributed by atoms with E-state index in [1.165, 1.54) is 4.90 Å². The predicted octanol–water partition coefficient (Wildman–Crippen LogP) is 4.25. The van der Waals surface area contributed by atoms with E-state index >= 15 is 0 Å². The summed E-state index contributed by atoms with van der Waals surface area (Å²) in [6, 6.07) is 14.1. The van der Waals surface area contributed by atoms with E-state index in [0.29, 0.717) is 43.3 Å². The maximum absolute atomic E-state index is 13.4. The number of nitrogens with one attached hydrogen (secondary N) is 2. The van der Waals surface area contributed by atoms with Crippen molar-refractivity contribution in [3.05, 3.63) is 54.1 Å². The number of hydrogen-bond acceptors (Lipinski definition) is 4. The second-order valence-electron chi connectivity index (χ2n) is 10.0. The third kappa shape index (κ3) is 5.50. The average molecular weight is 486 g/mol. The molecule has 7 nitrogen and oxygen atoms in total. The van der Waals surface area contributed by atoms with Gasteiger partial charge in [0.05, 0.1) is 20.3 Å². The van der Waals surface area contributed by atoms with Crippen molar-refractivity contribution in [2.75, 3.05) is 57.5 Å². The number of nitrogens with zero attached hydrogens (tertiary/aromatic N) is 1. The van der Waals surface area contributed by atoms with Crippen LogP contribution in [-0.2, 0) is 9.53 Å². The number of hydrogen-bond donors (Lipinski definition) is 2. The number of amides is 3. The first-order valence-corrected chi connectivity index (χ1v) is 14.4. The van der Waals surface area contributed by atoms with Gasteiger partial charge in [-0.25, -0.2) is 14.8 Å². The molecular formula is C26H35N3O4S. The van der Waals surface area contributed by atoms with E-state index < -0.39 is 16.1 Å². The third-order valence-electron chi connectivity index (χ3n) is 6.57. The highest BCUT2D eigenvalue weighted by Crippen LogP contribution is 2.45. The number of rotatable bonds is 6. The van der Waals surface area contributed by atoms with E-state index in [9.17, 15) is 9.59 Å². The lowest BCUT2D eigenvalue weighted by atomic mass is 9.78. The van der Waals surface area contributed by atoms with Crippen LogP contribution in [0.25, 0.3) is 0 Å². The van der Waals surface area contributed by atoms with Crippen molar-refractivity contribution in [3.63, 3.8) is 0 Å². The fraction of sp³-hybridized carbons (Fsp3) is 0.462. The Hall–Kier alpha value is -2.71. The van der Waals surface area contributed by atoms with Crippen molar-refractivity contribution in [1.29, 1.82) is 0 Å². The molecule has 2 saturated heterocycles. The Morgan fingerprint density at radius 1 is 1.06 bits per heavy atom. The molecule has 0 radical (unpaired) electrons. The van der Waals surface area contributed by atoms with Gasteiger partial charge in [0, 0.05) is 24.2 Å². The van der Waals surface area contributed by atoms with Gasteiger partial charge in [0.15, 0.2) is 0 Å². The molecule has 1 unspecified atom stereocenters. The SMILES string of the molecule is COc1ccc(C(NC(=O)N2CCCC3(COC3)C2)C(=O)Nc2ccc(S(C)(C)C)cc2)cc1. The minimum atomic E-state index is -0.845. The van der Waals surface area contributed by atoms with Crippen molar-refractivity contribution in [1.82, 2.24) is 10.2 Å². The van der Waals surface area contributed by atoms with Crippen LogP contribution in [0.3, 0.4) is 0 Å². The fourth-order valence-electron chi connectivity index (χ4n) is 4.48. The first-order valence-electron chi connectivity index (χ1n) is 11.6. The van der Waals surface area contributed by atoms with E-state index in [4.69, 9.17) is 9.47 Å². The summed E-state index contributed by atoms with van der Waals surface area (Å²) in [6.45, 7) is 2.74. The molecule has 2 aromatic rings. The minimum absolute atomic E-state index is 0.0737. The fourth-order valence-corrected chi connectivity index (χ4v) is 5.43. The Morgan fingerprint density at radius 2 is 1.74 bits per heavy atom. The first kappa shape index (κ1) is 24.4. The summed E-state index contributed by atoms with van der Waals surface area (Å²) >= 11 is 0. The van der Waals surface area contributed by atoms with Crippen molar-refractivity contribution in [3.8, 4) is 5.75 Å². The van der Waals surface area contributed by atoms with Crippen molar-refractivity contribution < 1.29 is 19.1 Å². The van der Waals surface area contributed by atoms with Gasteiger partial charge in [-0.1, -0.05) is 12.1 Å². The highest BCUT2D eigenvalue weighted by atomic mass is 32.3. The van der Waals surface area contributed by atoms with Gasteiger partial charge in [-0.05, 0) is 78.5 Å². The van der Waals surface area contributed by atoms with Gasteiger partial charge in [-0.3, -0.25) is 4.79 Å². The Bertz CT molecular complexity index is 1010. The normalized spacial score (nSPS) is 18.5. The monoisotopic (exact) mass is 485 g/mol. The maximum atomic E-state index is 13.4. The molecule has 0 aliphatic carbocycles. The molecule has 1 spiro atoms. The molecule has 1 atom stereocenters. The second kappa shape index (κ2) is 9.88. The molecule has 8 heteroatoms. The van der Waals surface area contributed by atoms with E-state index in [-0.39, 0.29) is 17.4 Å². The Kier molecular flexibility index (Phi) is 7.09. The second-order valence-corrected chi connectivity index (χ2v) is 14.2.